The van der Waals surface area contributed by atoms with E-state index >= 15 is 0 Å². The van der Waals surface area contributed by atoms with Crippen molar-refractivity contribution in [3.05, 3.63) is 46.4 Å². The smallest absolute Gasteiger partial charge is 0.406 e. The number of benzene rings is 1. The fourth-order valence-electron chi connectivity index (χ4n) is 1.64. The van der Waals surface area contributed by atoms with Gasteiger partial charge in [0.25, 0.3) is 5.91 Å². The minimum Gasteiger partial charge on any atom is -0.406 e. The molecule has 112 valence electrons. The van der Waals surface area contributed by atoms with Gasteiger partial charge in [-0.2, -0.15) is 0 Å². The number of hydrogen-bond donors (Lipinski definition) is 1. The molecular formula is C13H11F3N2O2S. The first-order valence-corrected chi connectivity index (χ1v) is 6.79. The zero-order valence-corrected chi connectivity index (χ0v) is 11.7. The summed E-state index contributed by atoms with van der Waals surface area (Å²) in [6.45, 7) is 1.73. The molecule has 0 fully saturated rings. The van der Waals surface area contributed by atoms with Gasteiger partial charge in [0, 0.05) is 11.6 Å². The molecule has 4 nitrogen and oxygen atoms in total. The summed E-state index contributed by atoms with van der Waals surface area (Å²) in [6.07, 6.45) is -3.19. The Kier molecular flexibility index (Phi) is 4.46. The highest BCUT2D eigenvalue weighted by molar-refractivity contribution is 7.11. The van der Waals surface area contributed by atoms with Gasteiger partial charge in [-0.15, -0.1) is 24.5 Å². The number of nitrogens with zero attached hydrogens (tertiary/aromatic N) is 1. The lowest BCUT2D eigenvalue weighted by atomic mass is 10.1. The highest BCUT2D eigenvalue weighted by atomic mass is 32.1. The third kappa shape index (κ3) is 4.45. The summed E-state index contributed by atoms with van der Waals surface area (Å²) in [5, 5.41) is 4.73. The van der Waals surface area contributed by atoms with E-state index in [1.807, 2.05) is 0 Å². The van der Waals surface area contributed by atoms with Crippen molar-refractivity contribution in [1.29, 1.82) is 0 Å². The van der Waals surface area contributed by atoms with Gasteiger partial charge in [-0.3, -0.25) is 4.79 Å². The van der Waals surface area contributed by atoms with Gasteiger partial charge in [-0.05, 0) is 24.6 Å². The minimum absolute atomic E-state index is 0.301. The number of amides is 1. The zero-order valence-electron chi connectivity index (χ0n) is 10.8. The molecule has 0 aliphatic heterocycles. The van der Waals surface area contributed by atoms with E-state index in [9.17, 15) is 18.0 Å². The maximum atomic E-state index is 12.0. The van der Waals surface area contributed by atoms with Crippen LogP contribution in [0.15, 0.2) is 35.8 Å². The van der Waals surface area contributed by atoms with Gasteiger partial charge < -0.3 is 10.1 Å². The number of carbonyl (C=O) groups is 1. The molecule has 1 aromatic heterocycles. The number of thiazole rings is 1. The van der Waals surface area contributed by atoms with Gasteiger partial charge in [-0.25, -0.2) is 4.98 Å². The lowest BCUT2D eigenvalue weighted by molar-refractivity contribution is -0.274. The van der Waals surface area contributed by atoms with Crippen LogP contribution in [0, 0.1) is 0 Å². The minimum atomic E-state index is -4.72. The van der Waals surface area contributed by atoms with Crippen molar-refractivity contribution in [1.82, 2.24) is 10.3 Å². The SMILES string of the molecule is C[C@H](NC(=O)c1nccs1)c1ccc(OC(F)(F)F)cc1. The molecule has 0 bridgehead atoms. The molecule has 21 heavy (non-hydrogen) atoms. The first kappa shape index (κ1) is 15.3. The molecule has 0 saturated carbocycles. The Labute approximate surface area is 122 Å². The Hall–Kier alpha value is -2.09. The third-order valence-electron chi connectivity index (χ3n) is 2.59. The van der Waals surface area contributed by atoms with Crippen LogP contribution in [0.3, 0.4) is 0 Å². The largest absolute Gasteiger partial charge is 0.573 e. The molecule has 1 N–H and O–H groups in total. The summed E-state index contributed by atoms with van der Waals surface area (Å²) in [5.41, 5.74) is 0.662. The number of aromatic nitrogens is 1. The van der Waals surface area contributed by atoms with Crippen LogP contribution in [0.4, 0.5) is 13.2 Å². The van der Waals surface area contributed by atoms with Gasteiger partial charge >= 0.3 is 6.36 Å². The van der Waals surface area contributed by atoms with Gasteiger partial charge in [0.1, 0.15) is 5.75 Å². The Morgan fingerprint density at radius 2 is 2.00 bits per heavy atom. The molecule has 0 unspecified atom stereocenters. The second kappa shape index (κ2) is 6.13. The molecule has 1 heterocycles. The van der Waals surface area contributed by atoms with Crippen molar-refractivity contribution >= 4 is 17.2 Å². The standard InChI is InChI=1S/C13H11F3N2O2S/c1-8(18-11(19)12-17-6-7-21-12)9-2-4-10(5-3-9)20-13(14,15)16/h2-8H,1H3,(H,18,19)/t8-/m0/s1. The molecule has 2 aromatic rings. The first-order chi connectivity index (χ1) is 9.85. The topological polar surface area (TPSA) is 51.2 Å². The maximum Gasteiger partial charge on any atom is 0.573 e. The Bertz CT molecular complexity index is 597. The van der Waals surface area contributed by atoms with Gasteiger partial charge in [-0.1, -0.05) is 12.1 Å². The van der Waals surface area contributed by atoms with Crippen LogP contribution in [-0.2, 0) is 0 Å². The highest BCUT2D eigenvalue weighted by Gasteiger charge is 2.31. The number of halogens is 3. The van der Waals surface area contributed by atoms with Crippen LogP contribution in [0.5, 0.6) is 5.75 Å². The molecule has 0 aliphatic carbocycles. The normalized spacial score (nSPS) is 12.8. The lowest BCUT2D eigenvalue weighted by Gasteiger charge is -2.14. The van der Waals surface area contributed by atoms with E-state index in [1.54, 1.807) is 12.3 Å². The molecule has 1 atom stereocenters. The molecule has 2 rings (SSSR count). The van der Waals surface area contributed by atoms with E-state index in [0.717, 1.165) is 0 Å². The van der Waals surface area contributed by atoms with Gasteiger partial charge in [0.05, 0.1) is 6.04 Å². The molecule has 0 spiro atoms. The molecule has 0 saturated heterocycles. The zero-order chi connectivity index (χ0) is 15.5. The van der Waals surface area contributed by atoms with E-state index in [4.69, 9.17) is 0 Å². The van der Waals surface area contributed by atoms with Gasteiger partial charge in [0.2, 0.25) is 0 Å². The van der Waals surface area contributed by atoms with Crippen molar-refractivity contribution < 1.29 is 22.7 Å². The second-order valence-electron chi connectivity index (χ2n) is 4.15. The molecule has 0 aliphatic rings. The summed E-state index contributed by atoms with van der Waals surface area (Å²) >= 11 is 1.21. The molecule has 1 aromatic carbocycles. The van der Waals surface area contributed by atoms with E-state index in [-0.39, 0.29) is 17.7 Å². The van der Waals surface area contributed by atoms with Crippen LogP contribution in [0.25, 0.3) is 0 Å². The number of ether oxygens (including phenoxy) is 1. The average Bonchev–Trinajstić information content (AvgIpc) is 2.91. The number of rotatable bonds is 4. The van der Waals surface area contributed by atoms with Crippen LogP contribution in [0.2, 0.25) is 0 Å². The number of nitrogens with one attached hydrogen (secondary N) is 1. The van der Waals surface area contributed by atoms with Crippen LogP contribution < -0.4 is 10.1 Å². The summed E-state index contributed by atoms with van der Waals surface area (Å²) in [7, 11) is 0. The molecule has 1 amide bonds. The monoisotopic (exact) mass is 316 g/mol. The quantitative estimate of drug-likeness (QED) is 0.939. The fourth-order valence-corrected chi connectivity index (χ4v) is 2.17. The van der Waals surface area contributed by atoms with Gasteiger partial charge in [0.15, 0.2) is 5.01 Å². The second-order valence-corrected chi connectivity index (χ2v) is 5.04. The number of hydrogen-bond acceptors (Lipinski definition) is 4. The average molecular weight is 316 g/mol. The summed E-state index contributed by atoms with van der Waals surface area (Å²) in [4.78, 5) is 15.7. The van der Waals surface area contributed by atoms with E-state index in [0.29, 0.717) is 10.6 Å². The summed E-state index contributed by atoms with van der Waals surface area (Å²) in [5.74, 6) is -0.627. The van der Waals surface area contributed by atoms with Crippen molar-refractivity contribution in [3.8, 4) is 5.75 Å². The lowest BCUT2D eigenvalue weighted by Crippen LogP contribution is -2.26. The highest BCUT2D eigenvalue weighted by Crippen LogP contribution is 2.24. The van der Waals surface area contributed by atoms with Crippen LogP contribution in [0.1, 0.15) is 28.3 Å². The van der Waals surface area contributed by atoms with Crippen molar-refractivity contribution in [2.24, 2.45) is 0 Å². The van der Waals surface area contributed by atoms with E-state index in [2.05, 4.69) is 15.0 Å². The van der Waals surface area contributed by atoms with Crippen molar-refractivity contribution in [2.75, 3.05) is 0 Å². The predicted molar refractivity (Wildman–Crippen MR) is 71.1 cm³/mol. The predicted octanol–water partition coefficient (Wildman–Crippen LogP) is 3.53. The van der Waals surface area contributed by atoms with Crippen LogP contribution >= 0.6 is 11.3 Å². The number of carbonyl (C=O) groups excluding carboxylic acids is 1. The Balaban J connectivity index is 2.00. The van der Waals surface area contributed by atoms with Crippen molar-refractivity contribution in [3.63, 3.8) is 0 Å². The third-order valence-corrected chi connectivity index (χ3v) is 3.36. The summed E-state index contributed by atoms with van der Waals surface area (Å²) < 4.78 is 39.9. The van der Waals surface area contributed by atoms with Crippen LogP contribution in [-0.4, -0.2) is 17.3 Å². The van der Waals surface area contributed by atoms with E-state index < -0.39 is 6.36 Å². The fraction of sp³-hybridized carbons (Fsp3) is 0.231. The first-order valence-electron chi connectivity index (χ1n) is 5.91. The number of alkyl halides is 3. The Morgan fingerprint density at radius 1 is 1.33 bits per heavy atom. The summed E-state index contributed by atoms with van der Waals surface area (Å²) in [6, 6.07) is 4.98. The van der Waals surface area contributed by atoms with E-state index in [1.165, 1.54) is 41.8 Å². The molecule has 0 radical (unpaired) electrons. The molecule has 8 heteroatoms. The molecular weight excluding hydrogens is 305 g/mol. The maximum absolute atomic E-state index is 12.0. The van der Waals surface area contributed by atoms with Crippen molar-refractivity contribution in [2.45, 2.75) is 19.3 Å². The Morgan fingerprint density at radius 3 is 2.52 bits per heavy atom.